The van der Waals surface area contributed by atoms with Crippen LogP contribution < -0.4 is 11.3 Å². The van der Waals surface area contributed by atoms with Gasteiger partial charge in [0.05, 0.1) is 11.7 Å². The fraction of sp³-hybridized carbons (Fsp3) is 0.250. The van der Waals surface area contributed by atoms with Crippen LogP contribution in [-0.2, 0) is 7.05 Å². The zero-order chi connectivity index (χ0) is 11.5. The van der Waals surface area contributed by atoms with Crippen molar-refractivity contribution in [2.45, 2.75) is 13.0 Å². The third kappa shape index (κ3) is 1.98. The normalized spacial score (nSPS) is 12.7. The van der Waals surface area contributed by atoms with Gasteiger partial charge in [0.25, 0.3) is 0 Å². The summed E-state index contributed by atoms with van der Waals surface area (Å²) >= 11 is 0. The third-order valence-electron chi connectivity index (χ3n) is 2.70. The Balaban J connectivity index is 2.40. The molecule has 1 aromatic carbocycles. The van der Waals surface area contributed by atoms with E-state index in [0.29, 0.717) is 0 Å². The highest BCUT2D eigenvalue weighted by molar-refractivity contribution is 5.30. The van der Waals surface area contributed by atoms with Crippen LogP contribution >= 0.6 is 0 Å². The summed E-state index contributed by atoms with van der Waals surface area (Å²) in [7, 11) is 1.91. The second-order valence-corrected chi connectivity index (χ2v) is 3.89. The molecule has 0 fully saturated rings. The molecule has 0 spiro atoms. The summed E-state index contributed by atoms with van der Waals surface area (Å²) < 4.78 is 1.83. The van der Waals surface area contributed by atoms with Gasteiger partial charge in [0.1, 0.15) is 0 Å². The molecule has 4 nitrogen and oxygen atoms in total. The van der Waals surface area contributed by atoms with Crippen LogP contribution in [0.25, 0.3) is 0 Å². The van der Waals surface area contributed by atoms with Crippen LogP contribution in [0.3, 0.4) is 0 Å². The Labute approximate surface area is 95.1 Å². The van der Waals surface area contributed by atoms with E-state index < -0.39 is 0 Å². The van der Waals surface area contributed by atoms with Crippen molar-refractivity contribution in [3.8, 4) is 0 Å². The van der Waals surface area contributed by atoms with E-state index in [9.17, 15) is 0 Å². The summed E-state index contributed by atoms with van der Waals surface area (Å²) in [5.74, 6) is 5.62. The van der Waals surface area contributed by atoms with Gasteiger partial charge < -0.3 is 0 Å². The van der Waals surface area contributed by atoms with E-state index in [4.69, 9.17) is 5.84 Å². The molecule has 3 N–H and O–H groups in total. The van der Waals surface area contributed by atoms with Gasteiger partial charge in [0.15, 0.2) is 0 Å². The Bertz CT molecular complexity index is 475. The Kier molecular flexibility index (Phi) is 3.03. The van der Waals surface area contributed by atoms with E-state index in [1.165, 1.54) is 5.56 Å². The molecular formula is C12H16N4. The first-order chi connectivity index (χ1) is 7.72. The molecule has 1 unspecified atom stereocenters. The number of hydrogen-bond acceptors (Lipinski definition) is 3. The van der Waals surface area contributed by atoms with Crippen molar-refractivity contribution >= 4 is 0 Å². The summed E-state index contributed by atoms with van der Waals surface area (Å²) in [6.45, 7) is 2.07. The van der Waals surface area contributed by atoms with Gasteiger partial charge in [0.2, 0.25) is 0 Å². The number of hydrogen-bond donors (Lipinski definition) is 2. The molecule has 0 saturated heterocycles. The lowest BCUT2D eigenvalue weighted by atomic mass is 10.0. The Morgan fingerprint density at radius 3 is 2.75 bits per heavy atom. The topological polar surface area (TPSA) is 55.9 Å². The van der Waals surface area contributed by atoms with Crippen molar-refractivity contribution in [1.29, 1.82) is 0 Å². The lowest BCUT2D eigenvalue weighted by Crippen LogP contribution is -2.30. The predicted octanol–water partition coefficient (Wildman–Crippen LogP) is 1.28. The van der Waals surface area contributed by atoms with Crippen LogP contribution in [0.5, 0.6) is 0 Å². The molecule has 0 aliphatic heterocycles. The minimum absolute atomic E-state index is 0.0209. The largest absolute Gasteiger partial charge is 0.271 e. The second kappa shape index (κ2) is 4.47. The lowest BCUT2D eigenvalue weighted by molar-refractivity contribution is 0.575. The molecule has 1 atom stereocenters. The van der Waals surface area contributed by atoms with Crippen molar-refractivity contribution in [2.75, 3.05) is 0 Å². The van der Waals surface area contributed by atoms with Crippen molar-refractivity contribution in [3.05, 3.63) is 53.3 Å². The SMILES string of the molecule is Cc1cccc(C(NN)c2ccnn2C)c1. The Hall–Kier alpha value is -1.65. The fourth-order valence-electron chi connectivity index (χ4n) is 1.87. The van der Waals surface area contributed by atoms with E-state index >= 15 is 0 Å². The van der Waals surface area contributed by atoms with Gasteiger partial charge in [-0.15, -0.1) is 0 Å². The number of aryl methyl sites for hydroxylation is 2. The Morgan fingerprint density at radius 2 is 2.19 bits per heavy atom. The van der Waals surface area contributed by atoms with Gasteiger partial charge >= 0.3 is 0 Å². The summed E-state index contributed by atoms with van der Waals surface area (Å²) in [6.07, 6.45) is 1.77. The van der Waals surface area contributed by atoms with E-state index in [1.54, 1.807) is 6.20 Å². The number of nitrogens with two attached hydrogens (primary N) is 1. The number of aromatic nitrogens is 2. The molecule has 2 aromatic rings. The zero-order valence-electron chi connectivity index (χ0n) is 9.51. The van der Waals surface area contributed by atoms with Crippen molar-refractivity contribution in [2.24, 2.45) is 12.9 Å². The summed E-state index contributed by atoms with van der Waals surface area (Å²) in [6, 6.07) is 10.2. The monoisotopic (exact) mass is 216 g/mol. The molecule has 0 radical (unpaired) electrons. The third-order valence-corrected chi connectivity index (χ3v) is 2.70. The number of nitrogens with zero attached hydrogens (tertiary/aromatic N) is 2. The van der Waals surface area contributed by atoms with Crippen LogP contribution in [0.2, 0.25) is 0 Å². The van der Waals surface area contributed by atoms with E-state index in [2.05, 4.69) is 35.6 Å². The van der Waals surface area contributed by atoms with Gasteiger partial charge in [-0.3, -0.25) is 10.5 Å². The number of nitrogens with one attached hydrogen (secondary N) is 1. The van der Waals surface area contributed by atoms with Crippen LogP contribution in [0.4, 0.5) is 0 Å². The van der Waals surface area contributed by atoms with Crippen LogP contribution in [0, 0.1) is 6.92 Å². The van der Waals surface area contributed by atoms with Crippen LogP contribution in [-0.4, -0.2) is 9.78 Å². The summed E-state index contributed by atoms with van der Waals surface area (Å²) in [4.78, 5) is 0. The molecule has 1 aromatic heterocycles. The van der Waals surface area contributed by atoms with E-state index in [-0.39, 0.29) is 6.04 Å². The van der Waals surface area contributed by atoms with Crippen LogP contribution in [0.15, 0.2) is 36.5 Å². The second-order valence-electron chi connectivity index (χ2n) is 3.89. The molecule has 4 heteroatoms. The lowest BCUT2D eigenvalue weighted by Gasteiger charge is -2.17. The number of rotatable bonds is 3. The highest BCUT2D eigenvalue weighted by atomic mass is 15.3. The minimum atomic E-state index is -0.0209. The molecule has 0 aliphatic rings. The van der Waals surface area contributed by atoms with Gasteiger partial charge in [-0.05, 0) is 18.6 Å². The average molecular weight is 216 g/mol. The molecule has 84 valence electrons. The van der Waals surface area contributed by atoms with Gasteiger partial charge in [-0.25, -0.2) is 5.43 Å². The van der Waals surface area contributed by atoms with Crippen molar-refractivity contribution in [3.63, 3.8) is 0 Å². The fourth-order valence-corrected chi connectivity index (χ4v) is 1.87. The van der Waals surface area contributed by atoms with Crippen LogP contribution in [0.1, 0.15) is 22.9 Å². The standard InChI is InChI=1S/C12H16N4/c1-9-4-3-5-10(8-9)12(15-13)11-6-7-14-16(11)2/h3-8,12,15H,13H2,1-2H3. The highest BCUT2D eigenvalue weighted by Crippen LogP contribution is 2.21. The summed E-state index contributed by atoms with van der Waals surface area (Å²) in [5.41, 5.74) is 6.24. The van der Waals surface area contributed by atoms with E-state index in [0.717, 1.165) is 11.3 Å². The minimum Gasteiger partial charge on any atom is -0.271 e. The van der Waals surface area contributed by atoms with Gasteiger partial charge in [-0.1, -0.05) is 29.8 Å². The molecule has 0 aliphatic carbocycles. The quantitative estimate of drug-likeness (QED) is 0.600. The number of benzene rings is 1. The molecule has 0 amide bonds. The highest BCUT2D eigenvalue weighted by Gasteiger charge is 2.15. The summed E-state index contributed by atoms with van der Waals surface area (Å²) in [5, 5.41) is 4.15. The number of hydrazine groups is 1. The first kappa shape index (κ1) is 10.9. The van der Waals surface area contributed by atoms with Crippen molar-refractivity contribution in [1.82, 2.24) is 15.2 Å². The molecular weight excluding hydrogens is 200 g/mol. The maximum Gasteiger partial charge on any atom is 0.0878 e. The first-order valence-electron chi connectivity index (χ1n) is 5.23. The first-order valence-corrected chi connectivity index (χ1v) is 5.23. The molecule has 16 heavy (non-hydrogen) atoms. The molecule has 2 rings (SSSR count). The van der Waals surface area contributed by atoms with Crippen molar-refractivity contribution < 1.29 is 0 Å². The predicted molar refractivity (Wildman–Crippen MR) is 63.6 cm³/mol. The maximum atomic E-state index is 5.62. The zero-order valence-corrected chi connectivity index (χ0v) is 9.51. The molecule has 1 heterocycles. The smallest absolute Gasteiger partial charge is 0.0878 e. The maximum absolute atomic E-state index is 5.62. The Morgan fingerprint density at radius 1 is 1.38 bits per heavy atom. The van der Waals surface area contributed by atoms with Gasteiger partial charge in [0, 0.05) is 13.2 Å². The van der Waals surface area contributed by atoms with Gasteiger partial charge in [-0.2, -0.15) is 5.10 Å². The molecule has 0 bridgehead atoms. The average Bonchev–Trinajstić information content (AvgIpc) is 2.67. The van der Waals surface area contributed by atoms with E-state index in [1.807, 2.05) is 23.9 Å². The molecule has 0 saturated carbocycles.